The Balaban J connectivity index is 2.02. The van der Waals surface area contributed by atoms with Gasteiger partial charge in [0.15, 0.2) is 0 Å². The second kappa shape index (κ2) is 10.9. The molecular weight excluding hydrogens is 473 g/mol. The molecule has 182 valence electrons. The van der Waals surface area contributed by atoms with Gasteiger partial charge in [-0.3, -0.25) is 9.10 Å². The zero-order chi connectivity index (χ0) is 24.8. The van der Waals surface area contributed by atoms with Crippen LogP contribution in [-0.2, 0) is 24.8 Å². The van der Waals surface area contributed by atoms with Gasteiger partial charge < -0.3 is 10.1 Å². The summed E-state index contributed by atoms with van der Waals surface area (Å²) in [4.78, 5) is 12.8. The number of amides is 1. The molecule has 0 saturated heterocycles. The lowest BCUT2D eigenvalue weighted by molar-refractivity contribution is -0.122. The summed E-state index contributed by atoms with van der Waals surface area (Å²) in [6, 6.07) is 10.0. The van der Waals surface area contributed by atoms with Crippen LogP contribution in [0.15, 0.2) is 53.4 Å². The lowest BCUT2D eigenvalue weighted by atomic mass is 10.2. The average molecular weight is 502 g/mol. The summed E-state index contributed by atoms with van der Waals surface area (Å²) in [6.07, 6.45) is 1.04. The molecule has 0 bridgehead atoms. The van der Waals surface area contributed by atoms with E-state index in [1.54, 1.807) is 6.92 Å². The molecule has 1 atom stereocenters. The average Bonchev–Trinajstić information content (AvgIpc) is 2.75. The number of rotatable bonds is 11. The SMILES string of the molecule is CCC(C(=O)NCCOc1ccc(S(=O)(=O)N(C)C)cc1)N(c1ccccc1F)S(C)(=O)=O. The molecule has 9 nitrogen and oxygen atoms in total. The minimum Gasteiger partial charge on any atom is -0.492 e. The van der Waals surface area contributed by atoms with Gasteiger partial charge in [0, 0.05) is 14.1 Å². The van der Waals surface area contributed by atoms with Crippen LogP contribution in [0.25, 0.3) is 0 Å². The van der Waals surface area contributed by atoms with E-state index in [1.165, 1.54) is 56.6 Å². The molecule has 0 spiro atoms. The van der Waals surface area contributed by atoms with Crippen LogP contribution in [0.2, 0.25) is 0 Å². The lowest BCUT2D eigenvalue weighted by Crippen LogP contribution is -2.50. The molecule has 2 aromatic carbocycles. The Labute approximate surface area is 194 Å². The molecular formula is C21H28FN3O6S2. The predicted molar refractivity (Wildman–Crippen MR) is 124 cm³/mol. The first-order chi connectivity index (χ1) is 15.4. The molecule has 0 aliphatic carbocycles. The minimum absolute atomic E-state index is 0.0561. The molecule has 0 aliphatic rings. The fourth-order valence-electron chi connectivity index (χ4n) is 3.05. The Kier molecular flexibility index (Phi) is 8.81. The predicted octanol–water partition coefficient (Wildman–Crippen LogP) is 1.82. The number of carbonyl (C=O) groups is 1. The highest BCUT2D eigenvalue weighted by Gasteiger charge is 2.32. The van der Waals surface area contributed by atoms with Crippen molar-refractivity contribution in [1.82, 2.24) is 9.62 Å². The third-order valence-electron chi connectivity index (χ3n) is 4.69. The van der Waals surface area contributed by atoms with Gasteiger partial charge in [-0.05, 0) is 42.8 Å². The number of ether oxygens (including phenoxy) is 1. The molecule has 0 fully saturated rings. The first-order valence-corrected chi connectivity index (χ1v) is 13.4. The van der Waals surface area contributed by atoms with Crippen LogP contribution >= 0.6 is 0 Å². The van der Waals surface area contributed by atoms with Crippen LogP contribution in [0.4, 0.5) is 10.1 Å². The molecule has 2 rings (SSSR count). The quantitative estimate of drug-likeness (QED) is 0.470. The highest BCUT2D eigenvalue weighted by molar-refractivity contribution is 7.92. The van der Waals surface area contributed by atoms with Crippen molar-refractivity contribution in [2.24, 2.45) is 0 Å². The van der Waals surface area contributed by atoms with Crippen molar-refractivity contribution < 1.29 is 30.8 Å². The molecule has 1 unspecified atom stereocenters. The van der Waals surface area contributed by atoms with Crippen LogP contribution in [0.1, 0.15) is 13.3 Å². The Morgan fingerprint density at radius 1 is 1.06 bits per heavy atom. The van der Waals surface area contributed by atoms with Crippen LogP contribution in [-0.4, -0.2) is 66.6 Å². The Hall–Kier alpha value is -2.70. The van der Waals surface area contributed by atoms with Gasteiger partial charge in [0.25, 0.3) is 0 Å². The zero-order valence-corrected chi connectivity index (χ0v) is 20.5. The van der Waals surface area contributed by atoms with Gasteiger partial charge in [-0.1, -0.05) is 19.1 Å². The van der Waals surface area contributed by atoms with E-state index in [-0.39, 0.29) is 30.2 Å². The fourth-order valence-corrected chi connectivity index (χ4v) is 5.16. The smallest absolute Gasteiger partial charge is 0.244 e. The summed E-state index contributed by atoms with van der Waals surface area (Å²) in [5, 5.41) is 2.60. The number of sulfonamides is 2. The summed E-state index contributed by atoms with van der Waals surface area (Å²) in [7, 11) is -4.63. The largest absolute Gasteiger partial charge is 0.492 e. The molecule has 0 aromatic heterocycles. The van der Waals surface area contributed by atoms with Crippen molar-refractivity contribution in [2.45, 2.75) is 24.3 Å². The van der Waals surface area contributed by atoms with Crippen molar-refractivity contribution in [2.75, 3.05) is 37.8 Å². The fraction of sp³-hybridized carbons (Fsp3) is 0.381. The van der Waals surface area contributed by atoms with Crippen LogP contribution in [0.3, 0.4) is 0 Å². The van der Waals surface area contributed by atoms with E-state index in [4.69, 9.17) is 4.74 Å². The number of hydrogen-bond donors (Lipinski definition) is 1. The van der Waals surface area contributed by atoms with E-state index in [0.717, 1.165) is 20.9 Å². The second-order valence-electron chi connectivity index (χ2n) is 7.33. The number of carbonyl (C=O) groups excluding carboxylic acids is 1. The number of benzene rings is 2. The monoisotopic (exact) mass is 501 g/mol. The summed E-state index contributed by atoms with van der Waals surface area (Å²) in [5.74, 6) is -0.947. The molecule has 0 radical (unpaired) electrons. The van der Waals surface area contributed by atoms with Crippen molar-refractivity contribution in [3.05, 3.63) is 54.3 Å². The van der Waals surface area contributed by atoms with Gasteiger partial charge >= 0.3 is 0 Å². The number of halogens is 1. The van der Waals surface area contributed by atoms with Crippen LogP contribution in [0, 0.1) is 5.82 Å². The van der Waals surface area contributed by atoms with E-state index in [1.807, 2.05) is 0 Å². The van der Waals surface area contributed by atoms with E-state index in [0.29, 0.717) is 5.75 Å². The van der Waals surface area contributed by atoms with E-state index in [2.05, 4.69) is 5.32 Å². The highest BCUT2D eigenvalue weighted by atomic mass is 32.2. The third kappa shape index (κ3) is 6.65. The van der Waals surface area contributed by atoms with Gasteiger partial charge in [-0.25, -0.2) is 25.5 Å². The molecule has 1 N–H and O–H groups in total. The Morgan fingerprint density at radius 2 is 1.67 bits per heavy atom. The third-order valence-corrected chi connectivity index (χ3v) is 7.69. The number of nitrogens with zero attached hydrogens (tertiary/aromatic N) is 2. The number of anilines is 1. The summed E-state index contributed by atoms with van der Waals surface area (Å²) in [5.41, 5.74) is -0.203. The number of nitrogens with one attached hydrogen (secondary N) is 1. The normalized spacial score (nSPS) is 12.9. The maximum absolute atomic E-state index is 14.3. The molecule has 0 aliphatic heterocycles. The first kappa shape index (κ1) is 26.6. The van der Waals surface area contributed by atoms with Crippen molar-refractivity contribution in [3.63, 3.8) is 0 Å². The summed E-state index contributed by atoms with van der Waals surface area (Å²) >= 11 is 0. The molecule has 1 amide bonds. The number of hydrogen-bond acceptors (Lipinski definition) is 6. The minimum atomic E-state index is -3.94. The maximum Gasteiger partial charge on any atom is 0.244 e. The summed E-state index contributed by atoms with van der Waals surface area (Å²) < 4.78 is 70.5. The van der Waals surface area contributed by atoms with Crippen molar-refractivity contribution in [3.8, 4) is 5.75 Å². The standard InChI is InChI=1S/C21H28FN3O6S2/c1-5-19(25(32(4,27)28)20-9-7-6-8-18(20)22)21(26)23-14-15-31-16-10-12-17(13-11-16)33(29,30)24(2)3/h6-13,19H,5,14-15H2,1-4H3,(H,23,26). The van der Waals surface area contributed by atoms with Gasteiger partial charge in [0.05, 0.1) is 23.4 Å². The van der Waals surface area contributed by atoms with Crippen LogP contribution < -0.4 is 14.4 Å². The second-order valence-corrected chi connectivity index (χ2v) is 11.3. The van der Waals surface area contributed by atoms with Crippen molar-refractivity contribution in [1.29, 1.82) is 0 Å². The molecule has 0 saturated carbocycles. The molecule has 0 heterocycles. The number of para-hydroxylation sites is 1. The topological polar surface area (TPSA) is 113 Å². The molecule has 33 heavy (non-hydrogen) atoms. The first-order valence-electron chi connectivity index (χ1n) is 10.1. The van der Waals surface area contributed by atoms with Gasteiger partial charge in [0.2, 0.25) is 26.0 Å². The van der Waals surface area contributed by atoms with Gasteiger partial charge in [-0.2, -0.15) is 0 Å². The maximum atomic E-state index is 14.3. The van der Waals surface area contributed by atoms with Crippen LogP contribution in [0.5, 0.6) is 5.75 Å². The Morgan fingerprint density at radius 3 is 2.18 bits per heavy atom. The Bertz CT molecular complexity index is 1170. The highest BCUT2D eigenvalue weighted by Crippen LogP contribution is 2.25. The lowest BCUT2D eigenvalue weighted by Gasteiger charge is -2.30. The molecule has 2 aromatic rings. The summed E-state index contributed by atoms with van der Waals surface area (Å²) in [6.45, 7) is 1.74. The van der Waals surface area contributed by atoms with Gasteiger partial charge in [0.1, 0.15) is 24.2 Å². The van der Waals surface area contributed by atoms with Crippen molar-refractivity contribution >= 4 is 31.6 Å². The zero-order valence-electron chi connectivity index (χ0n) is 18.9. The van der Waals surface area contributed by atoms with E-state index >= 15 is 0 Å². The van der Waals surface area contributed by atoms with E-state index in [9.17, 15) is 26.0 Å². The molecule has 12 heteroatoms. The van der Waals surface area contributed by atoms with Gasteiger partial charge in [-0.15, -0.1) is 0 Å². The van der Waals surface area contributed by atoms with E-state index < -0.39 is 37.8 Å².